The summed E-state index contributed by atoms with van der Waals surface area (Å²) in [6, 6.07) is 13.1. The van der Waals surface area contributed by atoms with Crippen molar-refractivity contribution in [1.29, 1.82) is 0 Å². The van der Waals surface area contributed by atoms with Gasteiger partial charge in [0.1, 0.15) is 0 Å². The van der Waals surface area contributed by atoms with Crippen LogP contribution in [0.1, 0.15) is 18.1 Å². The van der Waals surface area contributed by atoms with Crippen LogP contribution in [0.2, 0.25) is 5.02 Å². The quantitative estimate of drug-likeness (QED) is 0.599. The van der Waals surface area contributed by atoms with E-state index >= 15 is 0 Å². The molecule has 0 atom stereocenters. The highest BCUT2D eigenvalue weighted by Crippen LogP contribution is 2.49. The van der Waals surface area contributed by atoms with E-state index in [1.165, 1.54) is 11.8 Å². The smallest absolute Gasteiger partial charge is 0.231 e. The van der Waals surface area contributed by atoms with E-state index in [9.17, 15) is 4.79 Å². The normalized spacial score (nSPS) is 17.5. The van der Waals surface area contributed by atoms with Crippen LogP contribution in [-0.4, -0.2) is 18.3 Å². The molecule has 0 aliphatic carbocycles. The molecule has 3 nitrogen and oxygen atoms in total. The van der Waals surface area contributed by atoms with Crippen LogP contribution in [0.15, 0.2) is 51.6 Å². The second-order valence-electron chi connectivity index (χ2n) is 5.65. The van der Waals surface area contributed by atoms with Gasteiger partial charge in [-0.2, -0.15) is 0 Å². The Bertz CT molecular complexity index is 933. The van der Waals surface area contributed by atoms with E-state index in [0.29, 0.717) is 15.7 Å². The standard InChI is InChI=1S/C20H15ClO3S2/c1-2-25-20-18(13-4-6-14(21)7-5-13)19(22)17(26-20)10-12-3-8-15-16(9-12)24-11-23-15/h3-10H,2,11H2,1H3/b17-10-. The molecule has 2 heterocycles. The molecular weight excluding hydrogens is 388 g/mol. The molecule has 0 N–H and O–H groups in total. The number of ether oxygens (including phenoxy) is 2. The highest BCUT2D eigenvalue weighted by Gasteiger charge is 2.30. The third kappa shape index (κ3) is 3.39. The third-order valence-corrected chi connectivity index (χ3v) is 6.48. The molecule has 2 aromatic carbocycles. The van der Waals surface area contributed by atoms with Gasteiger partial charge in [-0.25, -0.2) is 0 Å². The SMILES string of the molecule is CCSC1=C(c2ccc(Cl)cc2)C(=O)/C(=C/c2ccc3c(c2)OCO3)S1. The number of rotatable bonds is 4. The van der Waals surface area contributed by atoms with Crippen molar-refractivity contribution in [3.63, 3.8) is 0 Å². The van der Waals surface area contributed by atoms with Gasteiger partial charge in [0.15, 0.2) is 11.5 Å². The second kappa shape index (κ2) is 7.43. The number of ketones is 1. The summed E-state index contributed by atoms with van der Waals surface area (Å²) in [7, 11) is 0. The molecule has 0 amide bonds. The second-order valence-corrected chi connectivity index (χ2v) is 8.68. The Kier molecular flexibility index (Phi) is 5.02. The Labute approximate surface area is 165 Å². The summed E-state index contributed by atoms with van der Waals surface area (Å²) < 4.78 is 11.8. The molecule has 132 valence electrons. The Balaban J connectivity index is 1.68. The maximum Gasteiger partial charge on any atom is 0.231 e. The maximum atomic E-state index is 13.1. The Hall–Kier alpha value is -1.82. The molecule has 4 rings (SSSR count). The molecule has 0 bridgehead atoms. The van der Waals surface area contributed by atoms with Gasteiger partial charge in [0.05, 0.1) is 14.7 Å². The number of fused-ring (bicyclic) bond motifs is 1. The Morgan fingerprint density at radius 2 is 1.92 bits per heavy atom. The average molecular weight is 403 g/mol. The molecule has 0 saturated carbocycles. The van der Waals surface area contributed by atoms with Gasteiger partial charge in [0, 0.05) is 5.02 Å². The first-order chi connectivity index (χ1) is 12.7. The van der Waals surface area contributed by atoms with Gasteiger partial charge in [-0.1, -0.05) is 48.5 Å². The van der Waals surface area contributed by atoms with E-state index in [1.54, 1.807) is 11.8 Å². The molecule has 0 unspecified atom stereocenters. The summed E-state index contributed by atoms with van der Waals surface area (Å²) in [4.78, 5) is 13.8. The van der Waals surface area contributed by atoms with Crippen LogP contribution in [0.5, 0.6) is 11.5 Å². The van der Waals surface area contributed by atoms with Crippen molar-refractivity contribution in [3.8, 4) is 11.5 Å². The van der Waals surface area contributed by atoms with Gasteiger partial charge in [0.2, 0.25) is 12.6 Å². The van der Waals surface area contributed by atoms with Crippen molar-refractivity contribution < 1.29 is 14.3 Å². The lowest BCUT2D eigenvalue weighted by atomic mass is 10.0. The molecule has 0 aromatic heterocycles. The first kappa shape index (κ1) is 17.6. The predicted molar refractivity (Wildman–Crippen MR) is 110 cm³/mol. The number of halogens is 1. The number of carbonyl (C=O) groups is 1. The lowest BCUT2D eigenvalue weighted by Crippen LogP contribution is -1.98. The summed E-state index contributed by atoms with van der Waals surface area (Å²) in [5, 5.41) is 0.660. The highest BCUT2D eigenvalue weighted by molar-refractivity contribution is 8.25. The Morgan fingerprint density at radius 3 is 2.69 bits per heavy atom. The monoisotopic (exact) mass is 402 g/mol. The summed E-state index contributed by atoms with van der Waals surface area (Å²) >= 11 is 9.20. The molecule has 0 saturated heterocycles. The fourth-order valence-corrected chi connectivity index (χ4v) is 5.26. The molecule has 26 heavy (non-hydrogen) atoms. The topological polar surface area (TPSA) is 35.5 Å². The molecule has 0 spiro atoms. The first-order valence-electron chi connectivity index (χ1n) is 8.12. The number of allylic oxidation sites excluding steroid dienone is 2. The zero-order valence-corrected chi connectivity index (χ0v) is 16.3. The summed E-state index contributed by atoms with van der Waals surface area (Å²) in [6.45, 7) is 2.32. The zero-order chi connectivity index (χ0) is 18.1. The number of Topliss-reactive ketones (excluding diaryl/α,β-unsaturated/α-hetero) is 1. The van der Waals surface area contributed by atoms with Gasteiger partial charge in [0.25, 0.3) is 0 Å². The average Bonchev–Trinajstić information content (AvgIpc) is 3.21. The summed E-state index contributed by atoms with van der Waals surface area (Å²) in [5.41, 5.74) is 2.57. The lowest BCUT2D eigenvalue weighted by Gasteiger charge is -2.04. The maximum absolute atomic E-state index is 13.1. The van der Waals surface area contributed by atoms with Gasteiger partial charge >= 0.3 is 0 Å². The van der Waals surface area contributed by atoms with Gasteiger partial charge in [-0.15, -0.1) is 11.8 Å². The van der Waals surface area contributed by atoms with E-state index in [2.05, 4.69) is 6.92 Å². The van der Waals surface area contributed by atoms with Gasteiger partial charge in [-0.05, 0) is 47.2 Å². The van der Waals surface area contributed by atoms with Crippen molar-refractivity contribution in [2.24, 2.45) is 0 Å². The van der Waals surface area contributed by atoms with Crippen molar-refractivity contribution in [3.05, 3.63) is 67.8 Å². The molecule has 2 aliphatic rings. The minimum Gasteiger partial charge on any atom is -0.454 e. The van der Waals surface area contributed by atoms with Crippen LogP contribution >= 0.6 is 35.1 Å². The lowest BCUT2D eigenvalue weighted by molar-refractivity contribution is -0.109. The van der Waals surface area contributed by atoms with Gasteiger partial charge < -0.3 is 9.47 Å². The minimum atomic E-state index is 0.0472. The number of carbonyl (C=O) groups excluding carboxylic acids is 1. The molecule has 0 fully saturated rings. The van der Waals surface area contributed by atoms with Gasteiger partial charge in [-0.3, -0.25) is 4.79 Å². The predicted octanol–water partition coefficient (Wildman–Crippen LogP) is 5.85. The molecule has 6 heteroatoms. The summed E-state index contributed by atoms with van der Waals surface area (Å²) in [5.74, 6) is 2.40. The van der Waals surface area contributed by atoms with Crippen LogP contribution in [0.4, 0.5) is 0 Å². The zero-order valence-electron chi connectivity index (χ0n) is 14.0. The van der Waals surface area contributed by atoms with Crippen LogP contribution in [0.25, 0.3) is 11.6 Å². The van der Waals surface area contributed by atoms with Crippen molar-refractivity contribution in [2.75, 3.05) is 12.5 Å². The highest BCUT2D eigenvalue weighted by atomic mass is 35.5. The van der Waals surface area contributed by atoms with Crippen LogP contribution in [0.3, 0.4) is 0 Å². The number of hydrogen-bond donors (Lipinski definition) is 0. The van der Waals surface area contributed by atoms with E-state index in [-0.39, 0.29) is 12.6 Å². The van der Waals surface area contributed by atoms with E-state index in [0.717, 1.165) is 32.4 Å². The molecule has 2 aromatic rings. The van der Waals surface area contributed by atoms with Crippen molar-refractivity contribution >= 4 is 52.6 Å². The van der Waals surface area contributed by atoms with Crippen molar-refractivity contribution in [1.82, 2.24) is 0 Å². The number of hydrogen-bond acceptors (Lipinski definition) is 5. The summed E-state index contributed by atoms with van der Waals surface area (Å²) in [6.07, 6.45) is 1.91. The molecule has 0 radical (unpaired) electrons. The van der Waals surface area contributed by atoms with E-state index in [4.69, 9.17) is 21.1 Å². The van der Waals surface area contributed by atoms with E-state index in [1.807, 2.05) is 48.5 Å². The largest absolute Gasteiger partial charge is 0.454 e. The molecule has 2 aliphatic heterocycles. The van der Waals surface area contributed by atoms with E-state index < -0.39 is 0 Å². The van der Waals surface area contributed by atoms with Crippen LogP contribution in [0, 0.1) is 0 Å². The van der Waals surface area contributed by atoms with Crippen LogP contribution < -0.4 is 9.47 Å². The van der Waals surface area contributed by atoms with Crippen LogP contribution in [-0.2, 0) is 4.79 Å². The minimum absolute atomic E-state index is 0.0472. The molecular formula is C20H15ClO3S2. The number of thioether (sulfide) groups is 2. The fraction of sp³-hybridized carbons (Fsp3) is 0.150. The third-order valence-electron chi connectivity index (χ3n) is 3.96. The van der Waals surface area contributed by atoms with Crippen molar-refractivity contribution in [2.45, 2.75) is 6.92 Å². The fourth-order valence-electron chi connectivity index (χ4n) is 2.76. The first-order valence-corrected chi connectivity index (χ1v) is 10.3. The number of benzene rings is 2. The Morgan fingerprint density at radius 1 is 1.15 bits per heavy atom.